The van der Waals surface area contributed by atoms with E-state index in [4.69, 9.17) is 9.47 Å². The molecule has 3 aromatic carbocycles. The lowest BCUT2D eigenvalue weighted by atomic mass is 10.1. The Morgan fingerprint density at radius 2 is 1.45 bits per heavy atom. The zero-order valence-corrected chi connectivity index (χ0v) is 16.6. The highest BCUT2D eigenvalue weighted by atomic mass is 16.5. The van der Waals surface area contributed by atoms with Gasteiger partial charge in [0.2, 0.25) is 0 Å². The van der Waals surface area contributed by atoms with Crippen molar-refractivity contribution in [2.24, 2.45) is 0 Å². The molecule has 1 N–H and O–H groups in total. The molecular weight excluding hydrogens is 390 g/mol. The maximum absolute atomic E-state index is 6.02. The van der Waals surface area contributed by atoms with E-state index in [1.54, 1.807) is 0 Å². The third kappa shape index (κ3) is 4.35. The van der Waals surface area contributed by atoms with E-state index in [2.05, 4.69) is 31.7 Å². The number of fused-ring (bicyclic) bond motifs is 1. The van der Waals surface area contributed by atoms with Crippen molar-refractivity contribution in [3.8, 4) is 22.9 Å². The minimum Gasteiger partial charge on any atom is -0.485 e. The quantitative estimate of drug-likeness (QED) is 0.424. The van der Waals surface area contributed by atoms with Crippen molar-refractivity contribution in [1.82, 2.24) is 25.6 Å². The molecule has 0 saturated heterocycles. The fourth-order valence-corrected chi connectivity index (χ4v) is 3.23. The van der Waals surface area contributed by atoms with Gasteiger partial charge in [-0.2, -0.15) is 0 Å². The molecule has 0 bridgehead atoms. The first-order chi connectivity index (χ1) is 15.3. The molecule has 0 spiro atoms. The Morgan fingerprint density at radius 3 is 2.23 bits per heavy atom. The molecule has 0 aliphatic rings. The SMILES string of the molecule is c1ccc(OCc2ccc3ccccc3n2)c(OCc2ccc(-c3nnn[nH]3)cc2)c1. The van der Waals surface area contributed by atoms with Gasteiger partial charge < -0.3 is 9.47 Å². The van der Waals surface area contributed by atoms with Crippen LogP contribution in [0.1, 0.15) is 11.3 Å². The van der Waals surface area contributed by atoms with Gasteiger partial charge in [-0.05, 0) is 40.3 Å². The number of nitrogens with one attached hydrogen (secondary N) is 1. The second-order valence-electron chi connectivity index (χ2n) is 6.97. The highest BCUT2D eigenvalue weighted by Crippen LogP contribution is 2.28. The first-order valence-corrected chi connectivity index (χ1v) is 9.87. The van der Waals surface area contributed by atoms with Crippen molar-refractivity contribution in [1.29, 1.82) is 0 Å². The lowest BCUT2D eigenvalue weighted by molar-refractivity contribution is 0.254. The molecule has 0 amide bonds. The number of rotatable bonds is 7. The van der Waals surface area contributed by atoms with Crippen LogP contribution in [0.4, 0.5) is 0 Å². The van der Waals surface area contributed by atoms with Crippen LogP contribution < -0.4 is 9.47 Å². The topological polar surface area (TPSA) is 85.8 Å². The van der Waals surface area contributed by atoms with Crippen LogP contribution in [0, 0.1) is 0 Å². The van der Waals surface area contributed by atoms with Gasteiger partial charge in [0.25, 0.3) is 0 Å². The van der Waals surface area contributed by atoms with Gasteiger partial charge in [0, 0.05) is 10.9 Å². The number of hydrogen-bond acceptors (Lipinski definition) is 6. The smallest absolute Gasteiger partial charge is 0.179 e. The maximum Gasteiger partial charge on any atom is 0.179 e. The van der Waals surface area contributed by atoms with E-state index in [9.17, 15) is 0 Å². The number of tetrazole rings is 1. The lowest BCUT2D eigenvalue weighted by Gasteiger charge is -2.13. The van der Waals surface area contributed by atoms with Gasteiger partial charge in [-0.3, -0.25) is 0 Å². The number of pyridine rings is 1. The van der Waals surface area contributed by atoms with Gasteiger partial charge in [0.05, 0.1) is 11.2 Å². The summed E-state index contributed by atoms with van der Waals surface area (Å²) in [4.78, 5) is 4.66. The highest BCUT2D eigenvalue weighted by molar-refractivity contribution is 5.78. The van der Waals surface area contributed by atoms with Gasteiger partial charge >= 0.3 is 0 Å². The average Bonchev–Trinajstić information content (AvgIpc) is 3.37. The fraction of sp³-hybridized carbons (Fsp3) is 0.0833. The molecule has 5 rings (SSSR count). The maximum atomic E-state index is 6.02. The summed E-state index contributed by atoms with van der Waals surface area (Å²) in [6, 6.07) is 27.6. The number of ether oxygens (including phenoxy) is 2. The molecule has 31 heavy (non-hydrogen) atoms. The monoisotopic (exact) mass is 409 g/mol. The summed E-state index contributed by atoms with van der Waals surface area (Å²) >= 11 is 0. The van der Waals surface area contributed by atoms with E-state index in [-0.39, 0.29) is 0 Å². The van der Waals surface area contributed by atoms with Crippen LogP contribution in [0.25, 0.3) is 22.3 Å². The molecule has 0 aliphatic carbocycles. The Labute approximate surface area is 178 Å². The number of hydrogen-bond donors (Lipinski definition) is 1. The number of benzene rings is 3. The minimum absolute atomic E-state index is 0.366. The van der Waals surface area contributed by atoms with Crippen molar-refractivity contribution < 1.29 is 9.47 Å². The van der Waals surface area contributed by atoms with Crippen LogP contribution >= 0.6 is 0 Å². The molecule has 2 heterocycles. The molecule has 0 unspecified atom stereocenters. The normalized spacial score (nSPS) is 10.8. The molecular formula is C24H19N5O2. The van der Waals surface area contributed by atoms with Crippen LogP contribution in [0.15, 0.2) is 84.9 Å². The largest absolute Gasteiger partial charge is 0.485 e. The summed E-state index contributed by atoms with van der Waals surface area (Å²) in [5, 5.41) is 15.0. The van der Waals surface area contributed by atoms with Gasteiger partial charge in [-0.25, -0.2) is 10.1 Å². The van der Waals surface area contributed by atoms with Gasteiger partial charge in [-0.15, -0.1) is 5.10 Å². The number of aromatic amines is 1. The Hall–Kier alpha value is -4.26. The third-order valence-electron chi connectivity index (χ3n) is 4.85. The Bertz CT molecular complexity index is 1290. The summed E-state index contributed by atoms with van der Waals surface area (Å²) < 4.78 is 12.0. The molecule has 0 aliphatic heterocycles. The number of para-hydroxylation sites is 3. The zero-order chi connectivity index (χ0) is 20.9. The molecule has 7 heteroatoms. The van der Waals surface area contributed by atoms with E-state index in [1.807, 2.05) is 78.9 Å². The van der Waals surface area contributed by atoms with Gasteiger partial charge in [-0.1, -0.05) is 60.7 Å². The number of aromatic nitrogens is 5. The van der Waals surface area contributed by atoms with Crippen LogP contribution in [-0.2, 0) is 13.2 Å². The third-order valence-corrected chi connectivity index (χ3v) is 4.85. The van der Waals surface area contributed by atoms with Crippen molar-refractivity contribution in [2.45, 2.75) is 13.2 Å². The second kappa shape index (κ2) is 8.62. The van der Waals surface area contributed by atoms with Crippen LogP contribution in [0.3, 0.4) is 0 Å². The van der Waals surface area contributed by atoms with Crippen LogP contribution in [0.5, 0.6) is 11.5 Å². The van der Waals surface area contributed by atoms with Gasteiger partial charge in [0.15, 0.2) is 17.3 Å². The molecule has 0 radical (unpaired) electrons. The summed E-state index contributed by atoms with van der Waals surface area (Å²) in [7, 11) is 0. The summed E-state index contributed by atoms with van der Waals surface area (Å²) in [6.45, 7) is 0.786. The first kappa shape index (κ1) is 18.7. The van der Waals surface area contributed by atoms with Crippen molar-refractivity contribution in [2.75, 3.05) is 0 Å². The molecule has 152 valence electrons. The zero-order valence-electron chi connectivity index (χ0n) is 16.6. The van der Waals surface area contributed by atoms with Crippen molar-refractivity contribution in [3.63, 3.8) is 0 Å². The summed E-state index contributed by atoms with van der Waals surface area (Å²) in [6.07, 6.45) is 0. The number of nitrogens with zero attached hydrogens (tertiary/aromatic N) is 4. The molecule has 2 aromatic heterocycles. The molecule has 7 nitrogen and oxygen atoms in total. The number of H-pyrrole nitrogens is 1. The van der Waals surface area contributed by atoms with E-state index < -0.39 is 0 Å². The summed E-state index contributed by atoms with van der Waals surface area (Å²) in [5.41, 5.74) is 3.77. The predicted octanol–water partition coefficient (Wildman–Crippen LogP) is 4.57. The first-order valence-electron chi connectivity index (χ1n) is 9.87. The van der Waals surface area contributed by atoms with Crippen LogP contribution in [-0.4, -0.2) is 25.6 Å². The Kier molecular flexibility index (Phi) is 5.22. The molecule has 0 fully saturated rings. The van der Waals surface area contributed by atoms with Gasteiger partial charge in [0.1, 0.15) is 13.2 Å². The summed E-state index contributed by atoms with van der Waals surface area (Å²) in [5.74, 6) is 2.00. The fourth-order valence-electron chi connectivity index (χ4n) is 3.23. The standard InChI is InChI=1S/C24H19N5O2/c1-2-6-21-18(5-1)13-14-20(25-21)16-31-23-8-4-3-7-22(23)30-15-17-9-11-19(12-10-17)24-26-28-29-27-24/h1-14H,15-16H2,(H,26,27,28,29). The highest BCUT2D eigenvalue weighted by Gasteiger charge is 2.07. The van der Waals surface area contributed by atoms with E-state index in [0.29, 0.717) is 30.5 Å². The lowest BCUT2D eigenvalue weighted by Crippen LogP contribution is -2.02. The Morgan fingerprint density at radius 1 is 0.710 bits per heavy atom. The van der Waals surface area contributed by atoms with Crippen LogP contribution in [0.2, 0.25) is 0 Å². The predicted molar refractivity (Wildman–Crippen MR) is 116 cm³/mol. The molecule has 5 aromatic rings. The van der Waals surface area contributed by atoms with E-state index in [0.717, 1.165) is 27.7 Å². The second-order valence-corrected chi connectivity index (χ2v) is 6.97. The van der Waals surface area contributed by atoms with Crippen molar-refractivity contribution >= 4 is 10.9 Å². The average molecular weight is 409 g/mol. The Balaban J connectivity index is 1.24. The van der Waals surface area contributed by atoms with E-state index >= 15 is 0 Å². The molecule has 0 saturated carbocycles. The minimum atomic E-state index is 0.366. The van der Waals surface area contributed by atoms with E-state index in [1.165, 1.54) is 0 Å². The van der Waals surface area contributed by atoms with Crippen molar-refractivity contribution in [3.05, 3.63) is 96.2 Å². The molecule has 0 atom stereocenters.